The van der Waals surface area contributed by atoms with Crippen LogP contribution in [0.1, 0.15) is 23.5 Å². The number of hydrogen-bond acceptors (Lipinski definition) is 4. The van der Waals surface area contributed by atoms with E-state index in [4.69, 9.17) is 0 Å². The van der Waals surface area contributed by atoms with Gasteiger partial charge in [-0.2, -0.15) is 5.10 Å². The molecule has 0 radical (unpaired) electrons. The summed E-state index contributed by atoms with van der Waals surface area (Å²) >= 11 is 0. The van der Waals surface area contributed by atoms with E-state index >= 15 is 0 Å². The fraction of sp³-hybridized carbons (Fsp3) is 0.533. The highest BCUT2D eigenvalue weighted by molar-refractivity contribution is 5.63. The maximum Gasteiger partial charge on any atom is 0.0922 e. The molecule has 2 aromatic rings. The first-order valence-corrected chi connectivity index (χ1v) is 7.17. The van der Waals surface area contributed by atoms with Crippen LogP contribution in [0, 0.1) is 19.8 Å². The second-order valence-electron chi connectivity index (χ2n) is 5.63. The Balaban J connectivity index is 1.81. The zero-order valence-electron chi connectivity index (χ0n) is 12.3. The molecular formula is C15H21N5. The standard InChI is InChI=1S/C15H21N5/c1-10-15(11(2)20(3)19-10)14-9-17-13(8-18-14)6-12-4-5-16-7-12/h8-9,12,16H,4-7H2,1-3H3/t12-/m0/s1. The van der Waals surface area contributed by atoms with Crippen molar-refractivity contribution in [3.8, 4) is 11.3 Å². The van der Waals surface area contributed by atoms with E-state index in [1.165, 1.54) is 6.42 Å². The van der Waals surface area contributed by atoms with Crippen LogP contribution in [0.2, 0.25) is 0 Å². The lowest BCUT2D eigenvalue weighted by molar-refractivity contribution is 0.570. The summed E-state index contributed by atoms with van der Waals surface area (Å²) in [5.41, 5.74) is 5.24. The summed E-state index contributed by atoms with van der Waals surface area (Å²) in [5, 5.41) is 7.82. The Morgan fingerprint density at radius 2 is 2.15 bits per heavy atom. The van der Waals surface area contributed by atoms with E-state index in [1.54, 1.807) is 0 Å². The average Bonchev–Trinajstić information content (AvgIpc) is 3.01. The molecule has 1 N–H and O–H groups in total. The Bertz CT molecular complexity index is 593. The predicted octanol–water partition coefficient (Wildman–Crippen LogP) is 1.65. The summed E-state index contributed by atoms with van der Waals surface area (Å²) in [6.45, 7) is 6.31. The third-order valence-corrected chi connectivity index (χ3v) is 4.13. The van der Waals surface area contributed by atoms with Crippen molar-refractivity contribution in [3.05, 3.63) is 29.5 Å². The highest BCUT2D eigenvalue weighted by atomic mass is 15.3. The van der Waals surface area contributed by atoms with Gasteiger partial charge in [0.2, 0.25) is 0 Å². The van der Waals surface area contributed by atoms with Gasteiger partial charge in [0.05, 0.1) is 23.3 Å². The van der Waals surface area contributed by atoms with Crippen molar-refractivity contribution < 1.29 is 0 Å². The van der Waals surface area contributed by atoms with E-state index in [-0.39, 0.29) is 0 Å². The maximum absolute atomic E-state index is 4.59. The summed E-state index contributed by atoms with van der Waals surface area (Å²) in [5.74, 6) is 0.706. The number of aromatic nitrogens is 4. The monoisotopic (exact) mass is 271 g/mol. The van der Waals surface area contributed by atoms with Crippen molar-refractivity contribution in [2.24, 2.45) is 13.0 Å². The van der Waals surface area contributed by atoms with Gasteiger partial charge in [-0.05, 0) is 45.7 Å². The molecule has 1 aliphatic heterocycles. The zero-order chi connectivity index (χ0) is 14.1. The van der Waals surface area contributed by atoms with Crippen molar-refractivity contribution in [2.45, 2.75) is 26.7 Å². The molecule has 0 unspecified atom stereocenters. The van der Waals surface area contributed by atoms with Gasteiger partial charge in [0.25, 0.3) is 0 Å². The molecule has 2 aromatic heterocycles. The molecule has 1 aliphatic rings. The molecule has 0 bridgehead atoms. The molecular weight excluding hydrogens is 250 g/mol. The van der Waals surface area contributed by atoms with Gasteiger partial charge >= 0.3 is 0 Å². The third kappa shape index (κ3) is 2.45. The van der Waals surface area contributed by atoms with Gasteiger partial charge in [0, 0.05) is 24.5 Å². The van der Waals surface area contributed by atoms with Crippen LogP contribution in [0.5, 0.6) is 0 Å². The summed E-state index contributed by atoms with van der Waals surface area (Å²) < 4.78 is 1.89. The van der Waals surface area contributed by atoms with Crippen molar-refractivity contribution in [1.82, 2.24) is 25.1 Å². The highest BCUT2D eigenvalue weighted by Gasteiger charge is 2.17. The molecule has 5 nitrogen and oxygen atoms in total. The quantitative estimate of drug-likeness (QED) is 0.922. The molecule has 1 saturated heterocycles. The lowest BCUT2D eigenvalue weighted by Gasteiger charge is -2.07. The molecule has 1 atom stereocenters. The van der Waals surface area contributed by atoms with Crippen LogP contribution in [0.25, 0.3) is 11.3 Å². The fourth-order valence-electron chi connectivity index (χ4n) is 2.92. The average molecular weight is 271 g/mol. The topological polar surface area (TPSA) is 55.6 Å². The Morgan fingerprint density at radius 1 is 1.30 bits per heavy atom. The maximum atomic E-state index is 4.59. The van der Waals surface area contributed by atoms with Crippen molar-refractivity contribution in [1.29, 1.82) is 0 Å². The van der Waals surface area contributed by atoms with Crippen LogP contribution in [-0.2, 0) is 13.5 Å². The van der Waals surface area contributed by atoms with E-state index in [2.05, 4.69) is 27.3 Å². The SMILES string of the molecule is Cc1nn(C)c(C)c1-c1cnc(C[C@@H]2CCNC2)cn1. The lowest BCUT2D eigenvalue weighted by atomic mass is 10.0. The second-order valence-corrected chi connectivity index (χ2v) is 5.63. The van der Waals surface area contributed by atoms with Crippen molar-refractivity contribution in [3.63, 3.8) is 0 Å². The molecule has 0 aliphatic carbocycles. The van der Waals surface area contributed by atoms with E-state index < -0.39 is 0 Å². The van der Waals surface area contributed by atoms with E-state index in [9.17, 15) is 0 Å². The van der Waals surface area contributed by atoms with Gasteiger partial charge in [-0.3, -0.25) is 14.6 Å². The van der Waals surface area contributed by atoms with E-state index in [1.807, 2.05) is 31.0 Å². The Hall–Kier alpha value is -1.75. The number of aryl methyl sites for hydroxylation is 2. The summed E-state index contributed by atoms with van der Waals surface area (Å²) in [7, 11) is 1.96. The van der Waals surface area contributed by atoms with Crippen LogP contribution in [0.3, 0.4) is 0 Å². The van der Waals surface area contributed by atoms with Crippen molar-refractivity contribution >= 4 is 0 Å². The van der Waals surface area contributed by atoms with Gasteiger partial charge in [-0.15, -0.1) is 0 Å². The number of nitrogens with one attached hydrogen (secondary N) is 1. The summed E-state index contributed by atoms with van der Waals surface area (Å²) in [6.07, 6.45) is 6.06. The molecule has 0 aromatic carbocycles. The normalized spacial score (nSPS) is 18.6. The molecule has 3 rings (SSSR count). The Labute approximate surface area is 119 Å². The van der Waals surface area contributed by atoms with Gasteiger partial charge in [0.15, 0.2) is 0 Å². The number of hydrogen-bond donors (Lipinski definition) is 1. The van der Waals surface area contributed by atoms with Gasteiger partial charge < -0.3 is 5.32 Å². The first-order chi connectivity index (χ1) is 9.65. The minimum atomic E-state index is 0.706. The highest BCUT2D eigenvalue weighted by Crippen LogP contribution is 2.24. The molecule has 5 heteroatoms. The van der Waals surface area contributed by atoms with Crippen LogP contribution in [0.15, 0.2) is 12.4 Å². The molecule has 1 fully saturated rings. The van der Waals surface area contributed by atoms with Gasteiger partial charge in [0.1, 0.15) is 0 Å². The minimum absolute atomic E-state index is 0.706. The van der Waals surface area contributed by atoms with Crippen LogP contribution in [-0.4, -0.2) is 32.8 Å². The number of nitrogens with zero attached hydrogens (tertiary/aromatic N) is 4. The molecule has 0 saturated carbocycles. The van der Waals surface area contributed by atoms with Crippen LogP contribution in [0.4, 0.5) is 0 Å². The minimum Gasteiger partial charge on any atom is -0.316 e. The predicted molar refractivity (Wildman–Crippen MR) is 78.4 cm³/mol. The smallest absolute Gasteiger partial charge is 0.0922 e. The van der Waals surface area contributed by atoms with E-state index in [0.29, 0.717) is 5.92 Å². The number of rotatable bonds is 3. The molecule has 0 spiro atoms. The zero-order valence-corrected chi connectivity index (χ0v) is 12.3. The van der Waals surface area contributed by atoms with Gasteiger partial charge in [-0.1, -0.05) is 0 Å². The van der Waals surface area contributed by atoms with Crippen molar-refractivity contribution in [2.75, 3.05) is 13.1 Å². The summed E-state index contributed by atoms with van der Waals surface area (Å²) in [6, 6.07) is 0. The molecule has 3 heterocycles. The first-order valence-electron chi connectivity index (χ1n) is 7.17. The Kier molecular flexibility index (Phi) is 3.53. The third-order valence-electron chi connectivity index (χ3n) is 4.13. The molecule has 106 valence electrons. The molecule has 0 amide bonds. The van der Waals surface area contributed by atoms with Gasteiger partial charge in [-0.25, -0.2) is 0 Å². The fourth-order valence-corrected chi connectivity index (χ4v) is 2.92. The Morgan fingerprint density at radius 3 is 2.70 bits per heavy atom. The van der Waals surface area contributed by atoms with E-state index in [0.717, 1.165) is 47.8 Å². The lowest BCUT2D eigenvalue weighted by Crippen LogP contribution is -2.11. The second kappa shape index (κ2) is 5.32. The van der Waals surface area contributed by atoms with Crippen LogP contribution >= 0.6 is 0 Å². The van der Waals surface area contributed by atoms with Crippen LogP contribution < -0.4 is 5.32 Å². The molecule has 20 heavy (non-hydrogen) atoms. The largest absolute Gasteiger partial charge is 0.316 e. The summed E-state index contributed by atoms with van der Waals surface area (Å²) in [4.78, 5) is 9.17. The first kappa shape index (κ1) is 13.2.